The van der Waals surface area contributed by atoms with E-state index in [-0.39, 0.29) is 61.4 Å². The molecule has 5 heterocycles. The number of ether oxygens (including phenoxy) is 4. The monoisotopic (exact) mass is 963 g/mol. The number of methoxy groups -OCH3 is 1. The number of aliphatic carboxylic acids is 1. The predicted molar refractivity (Wildman–Crippen MR) is 254 cm³/mol. The van der Waals surface area contributed by atoms with Gasteiger partial charge in [-0.05, 0) is 117 Å². The number of carboxylic acids is 1. The minimum atomic E-state index is -2.46. The summed E-state index contributed by atoms with van der Waals surface area (Å²) in [5, 5.41) is 87.6. The SMILES string of the molecule is COC(=O)C1=CC2CCC=CC(C1CC(=O)O)C2OC12OC3(CO)C(C#CCC(CO)CC4=c5[nH]c(C(C)C6CCCCC6)cc5=C5CCC1(O)C(O)C53O4)C1(CCC(Cc3cccc(O)c3)C1)C2O. The Balaban J connectivity index is 1.15. The number of hydrogen-bond acceptors (Lipinski definition) is 12. The molecule has 2 aromatic rings. The number of aromatic nitrogens is 1. The first kappa shape index (κ1) is 47.8. The number of benzene rings is 1. The molecule has 1 aromatic heterocycles. The van der Waals surface area contributed by atoms with Gasteiger partial charge in [0, 0.05) is 59.1 Å². The molecule has 376 valence electrons. The highest BCUT2D eigenvalue weighted by molar-refractivity contribution is 5.90. The van der Waals surface area contributed by atoms with Gasteiger partial charge in [-0.3, -0.25) is 4.79 Å². The standard InChI is InChI=1S/C56H69NO13/c1-31(35-12-4-3-5-13-35)43-26-41-42-19-21-53(66)51(65)55(42)54(30-59)45(17-9-11-34(29-58)24-44(68-55)47(41)57-43)52(20-18-33(28-52)22-32-10-8-15-37(60)23-32)50(64)56(53,70-54)69-48-36-14-6-7-16-38(48)39(27-46(61)62)40(25-36)49(63)67-2/h7-8,10,15-16,23,25-26,31,33-36,38-39,45,48,50-51,57-60,64-66H,3-6,11-14,18-22,24,27-30H2,1-2H3,(H,61,62). The van der Waals surface area contributed by atoms with Gasteiger partial charge in [-0.2, -0.15) is 0 Å². The molecule has 70 heavy (non-hydrogen) atoms. The lowest BCUT2D eigenvalue weighted by Gasteiger charge is -2.75. The van der Waals surface area contributed by atoms with Crippen molar-refractivity contribution in [2.45, 2.75) is 156 Å². The molecule has 8 N–H and O–H groups in total. The number of rotatable bonds is 11. The molecule has 1 aromatic carbocycles. The molecule has 9 aliphatic rings. The average molecular weight is 964 g/mol. The summed E-state index contributed by atoms with van der Waals surface area (Å²) >= 11 is 0. The lowest BCUT2D eigenvalue weighted by atomic mass is 9.44. The molecule has 5 fully saturated rings. The van der Waals surface area contributed by atoms with Crippen molar-refractivity contribution >= 4 is 23.3 Å². The van der Waals surface area contributed by atoms with E-state index in [2.05, 4.69) is 29.8 Å². The summed E-state index contributed by atoms with van der Waals surface area (Å²) in [5.74, 6) is 0.218. The van der Waals surface area contributed by atoms with Gasteiger partial charge in [0.05, 0.1) is 37.5 Å². The van der Waals surface area contributed by atoms with Crippen molar-refractivity contribution in [2.24, 2.45) is 46.8 Å². The third-order valence-electron chi connectivity index (χ3n) is 19.1. The van der Waals surface area contributed by atoms with Crippen molar-refractivity contribution in [3.63, 3.8) is 0 Å². The quantitative estimate of drug-likeness (QED) is 0.0891. The number of carboxylic acid groups (broad SMARTS) is 1. The number of hydrogen-bond donors (Lipinski definition) is 8. The van der Waals surface area contributed by atoms with Gasteiger partial charge < -0.3 is 59.7 Å². The number of carbonyl (C=O) groups is 2. The first-order chi connectivity index (χ1) is 33.7. The van der Waals surface area contributed by atoms with Gasteiger partial charge in [-0.25, -0.2) is 4.79 Å². The zero-order chi connectivity index (χ0) is 49.0. The van der Waals surface area contributed by atoms with E-state index >= 15 is 0 Å². The second kappa shape index (κ2) is 17.6. The fourth-order valence-electron chi connectivity index (χ4n) is 15.7. The zero-order valence-corrected chi connectivity index (χ0v) is 40.3. The van der Waals surface area contributed by atoms with E-state index in [1.807, 2.05) is 18.2 Å². The molecular formula is C56H69NO13. The molecule has 5 aliphatic carbocycles. The summed E-state index contributed by atoms with van der Waals surface area (Å²) in [6.45, 7) is 1.30. The highest BCUT2D eigenvalue weighted by Gasteiger charge is 2.88. The summed E-state index contributed by atoms with van der Waals surface area (Å²) in [6, 6.07) is 9.27. The number of aromatic amines is 1. The Bertz CT molecular complexity index is 2670. The number of fused-ring (bicyclic) bond motifs is 8. The first-order valence-electron chi connectivity index (χ1n) is 26.0. The van der Waals surface area contributed by atoms with Crippen molar-refractivity contribution in [1.82, 2.24) is 4.98 Å². The van der Waals surface area contributed by atoms with Gasteiger partial charge in [0.25, 0.3) is 0 Å². The minimum absolute atomic E-state index is 0.0778. The van der Waals surface area contributed by atoms with Crippen LogP contribution in [0.1, 0.15) is 120 Å². The van der Waals surface area contributed by atoms with Crippen LogP contribution in [0.5, 0.6) is 5.75 Å². The molecule has 11 rings (SSSR count). The molecule has 7 bridgehead atoms. The number of esters is 1. The van der Waals surface area contributed by atoms with Crippen molar-refractivity contribution in [3.05, 3.63) is 76.0 Å². The predicted octanol–water partition coefficient (Wildman–Crippen LogP) is 4.37. The normalized spacial score (nSPS) is 40.8. The third kappa shape index (κ3) is 6.85. The molecule has 15 unspecified atom stereocenters. The topological polar surface area (TPSA) is 228 Å². The highest BCUT2D eigenvalue weighted by Crippen LogP contribution is 2.73. The largest absolute Gasteiger partial charge is 0.508 e. The van der Waals surface area contributed by atoms with Crippen molar-refractivity contribution in [2.75, 3.05) is 20.3 Å². The lowest BCUT2D eigenvalue weighted by Crippen LogP contribution is -2.93. The van der Waals surface area contributed by atoms with Crippen LogP contribution in [-0.4, -0.2) is 114 Å². The number of allylic oxidation sites excluding steroid dienone is 1. The average Bonchev–Trinajstić information content (AvgIpc) is 3.96. The number of aliphatic hydroxyl groups is 5. The van der Waals surface area contributed by atoms with Gasteiger partial charge in [-0.15, -0.1) is 5.92 Å². The molecule has 2 spiro atoms. The molecule has 14 heteroatoms. The van der Waals surface area contributed by atoms with Crippen LogP contribution in [0.2, 0.25) is 0 Å². The molecule has 0 amide bonds. The van der Waals surface area contributed by atoms with Crippen LogP contribution in [0.25, 0.3) is 11.3 Å². The fraction of sp³-hybridized carbons (Fsp3) is 0.643. The number of nitrogens with one attached hydrogen (secondary N) is 1. The summed E-state index contributed by atoms with van der Waals surface area (Å²) in [7, 11) is 1.26. The number of aromatic hydroxyl groups is 1. The van der Waals surface area contributed by atoms with Crippen molar-refractivity contribution in [1.29, 1.82) is 0 Å². The second-order valence-corrected chi connectivity index (χ2v) is 22.6. The van der Waals surface area contributed by atoms with Crippen LogP contribution < -0.4 is 10.6 Å². The first-order valence-corrected chi connectivity index (χ1v) is 26.0. The Morgan fingerprint density at radius 2 is 1.84 bits per heavy atom. The van der Waals surface area contributed by atoms with Crippen LogP contribution >= 0.6 is 0 Å². The maximum absolute atomic E-state index is 14.0. The molecule has 15 atom stereocenters. The van der Waals surface area contributed by atoms with Gasteiger partial charge in [-0.1, -0.05) is 62.5 Å². The molecule has 14 nitrogen and oxygen atoms in total. The number of carbonyl (C=O) groups excluding carboxylic acids is 1. The van der Waals surface area contributed by atoms with Crippen LogP contribution in [0.4, 0.5) is 0 Å². The van der Waals surface area contributed by atoms with Crippen LogP contribution in [0.15, 0.2) is 54.1 Å². The fourth-order valence-corrected chi connectivity index (χ4v) is 15.7. The lowest BCUT2D eigenvalue weighted by molar-refractivity contribution is -0.511. The van der Waals surface area contributed by atoms with Gasteiger partial charge in [0.15, 0.2) is 16.8 Å². The van der Waals surface area contributed by atoms with Crippen LogP contribution in [0.3, 0.4) is 0 Å². The Morgan fingerprint density at radius 3 is 2.59 bits per heavy atom. The molecule has 3 saturated carbocycles. The van der Waals surface area contributed by atoms with Gasteiger partial charge in [0.2, 0.25) is 5.79 Å². The third-order valence-corrected chi connectivity index (χ3v) is 19.1. The smallest absolute Gasteiger partial charge is 0.333 e. The van der Waals surface area contributed by atoms with Gasteiger partial charge >= 0.3 is 11.9 Å². The summed E-state index contributed by atoms with van der Waals surface area (Å²) in [5.41, 5.74) is -4.88. The molecule has 4 aliphatic heterocycles. The Morgan fingerprint density at radius 1 is 1.03 bits per heavy atom. The number of phenols is 1. The maximum atomic E-state index is 14.0. The van der Waals surface area contributed by atoms with E-state index in [1.165, 1.54) is 26.4 Å². The van der Waals surface area contributed by atoms with E-state index in [0.717, 1.165) is 34.7 Å². The van der Waals surface area contributed by atoms with E-state index in [9.17, 15) is 45.3 Å². The Kier molecular flexibility index (Phi) is 12.1. The number of H-pyrrole nitrogens is 1. The van der Waals surface area contributed by atoms with Crippen molar-refractivity contribution < 1.29 is 64.3 Å². The highest BCUT2D eigenvalue weighted by atomic mass is 16.8. The number of aliphatic hydroxyl groups excluding tert-OH is 4. The van der Waals surface area contributed by atoms with Crippen molar-refractivity contribution in [3.8, 4) is 17.6 Å². The number of phenolic OH excluding ortho intramolecular Hbond substituents is 1. The summed E-state index contributed by atoms with van der Waals surface area (Å²) in [6.07, 6.45) is 9.71. The second-order valence-electron chi connectivity index (χ2n) is 22.6. The summed E-state index contributed by atoms with van der Waals surface area (Å²) < 4.78 is 27.8. The van der Waals surface area contributed by atoms with Crippen LogP contribution in [-0.2, 0) is 35.0 Å². The van der Waals surface area contributed by atoms with E-state index in [1.54, 1.807) is 24.3 Å². The van der Waals surface area contributed by atoms with Gasteiger partial charge in [0.1, 0.15) is 23.7 Å². The molecular weight excluding hydrogens is 895 g/mol. The van der Waals surface area contributed by atoms with E-state index in [0.29, 0.717) is 55.8 Å². The minimum Gasteiger partial charge on any atom is -0.508 e. The van der Waals surface area contributed by atoms with Crippen LogP contribution in [0, 0.1) is 58.7 Å². The zero-order valence-electron chi connectivity index (χ0n) is 40.3. The Hall–Kier alpha value is -4.46. The Labute approximate surface area is 408 Å². The molecule has 2 saturated heterocycles. The van der Waals surface area contributed by atoms with E-state index in [4.69, 9.17) is 18.9 Å². The molecule has 0 radical (unpaired) electrons. The van der Waals surface area contributed by atoms with E-state index < -0.39 is 95.0 Å². The maximum Gasteiger partial charge on any atom is 0.333 e. The summed E-state index contributed by atoms with van der Waals surface area (Å²) in [4.78, 5) is 29.8.